The standard InChI is InChI=1S/C15H26N2O4/c1-13(2,3)21-12(18)17-6-4-14(5-7-17)8-19-9-15(16-14)10-20-11-15/h16H,4-11H2,1-3H3. The number of carbonyl (C=O) groups is 1. The third-order valence-electron chi connectivity index (χ3n) is 4.42. The fourth-order valence-electron chi connectivity index (χ4n) is 3.29. The molecule has 3 rings (SSSR count). The fraction of sp³-hybridized carbons (Fsp3) is 0.933. The van der Waals surface area contributed by atoms with Gasteiger partial charge < -0.3 is 19.1 Å². The molecule has 0 atom stereocenters. The van der Waals surface area contributed by atoms with E-state index in [4.69, 9.17) is 14.2 Å². The topological polar surface area (TPSA) is 60.0 Å². The van der Waals surface area contributed by atoms with E-state index in [1.54, 1.807) is 4.90 Å². The quantitative estimate of drug-likeness (QED) is 0.727. The highest BCUT2D eigenvalue weighted by Crippen LogP contribution is 2.33. The highest BCUT2D eigenvalue weighted by Gasteiger charge is 2.50. The molecule has 0 aliphatic carbocycles. The molecule has 0 unspecified atom stereocenters. The van der Waals surface area contributed by atoms with Gasteiger partial charge in [0, 0.05) is 18.6 Å². The van der Waals surface area contributed by atoms with Crippen molar-refractivity contribution in [3.8, 4) is 0 Å². The van der Waals surface area contributed by atoms with Gasteiger partial charge in [0.1, 0.15) is 5.60 Å². The summed E-state index contributed by atoms with van der Waals surface area (Å²) < 4.78 is 16.6. The lowest BCUT2D eigenvalue weighted by molar-refractivity contribution is -0.167. The van der Waals surface area contributed by atoms with Crippen molar-refractivity contribution in [2.75, 3.05) is 39.5 Å². The summed E-state index contributed by atoms with van der Waals surface area (Å²) in [5.74, 6) is 0. The molecule has 3 fully saturated rings. The smallest absolute Gasteiger partial charge is 0.410 e. The van der Waals surface area contributed by atoms with Crippen LogP contribution in [0.3, 0.4) is 0 Å². The predicted octanol–water partition coefficient (Wildman–Crippen LogP) is 1.14. The summed E-state index contributed by atoms with van der Waals surface area (Å²) >= 11 is 0. The third kappa shape index (κ3) is 3.17. The second kappa shape index (κ2) is 5.11. The van der Waals surface area contributed by atoms with E-state index in [-0.39, 0.29) is 17.2 Å². The van der Waals surface area contributed by atoms with Crippen LogP contribution in [-0.4, -0.2) is 67.2 Å². The Morgan fingerprint density at radius 1 is 1.05 bits per heavy atom. The van der Waals surface area contributed by atoms with Crippen LogP contribution in [0, 0.1) is 0 Å². The number of hydrogen-bond acceptors (Lipinski definition) is 5. The fourth-order valence-corrected chi connectivity index (χ4v) is 3.29. The van der Waals surface area contributed by atoms with Crippen LogP contribution in [0.1, 0.15) is 33.6 Å². The second-order valence-electron chi connectivity index (χ2n) is 7.64. The lowest BCUT2D eigenvalue weighted by atomic mass is 9.82. The third-order valence-corrected chi connectivity index (χ3v) is 4.42. The maximum atomic E-state index is 12.1. The monoisotopic (exact) mass is 298 g/mol. The van der Waals surface area contributed by atoms with Crippen molar-refractivity contribution < 1.29 is 19.0 Å². The molecule has 6 nitrogen and oxygen atoms in total. The molecule has 3 saturated heterocycles. The first-order chi connectivity index (χ1) is 9.82. The van der Waals surface area contributed by atoms with Gasteiger partial charge in [-0.25, -0.2) is 4.79 Å². The van der Waals surface area contributed by atoms with Crippen LogP contribution in [-0.2, 0) is 14.2 Å². The summed E-state index contributed by atoms with van der Waals surface area (Å²) in [5.41, 5.74) is -0.446. The van der Waals surface area contributed by atoms with Crippen molar-refractivity contribution in [2.45, 2.75) is 50.3 Å². The van der Waals surface area contributed by atoms with Crippen molar-refractivity contribution in [3.05, 3.63) is 0 Å². The SMILES string of the molecule is CC(C)(C)OC(=O)N1CCC2(CC1)COCC1(COC1)N2. The maximum absolute atomic E-state index is 12.1. The Hall–Kier alpha value is -0.850. The zero-order chi connectivity index (χ0) is 15.1. The first-order valence-corrected chi connectivity index (χ1v) is 7.74. The zero-order valence-corrected chi connectivity index (χ0v) is 13.2. The summed E-state index contributed by atoms with van der Waals surface area (Å²) in [6.45, 7) is 10.0. The molecule has 0 aromatic rings. The normalized spacial score (nSPS) is 27.5. The van der Waals surface area contributed by atoms with Crippen LogP contribution in [0.2, 0.25) is 0 Å². The van der Waals surface area contributed by atoms with Crippen molar-refractivity contribution in [1.82, 2.24) is 10.2 Å². The summed E-state index contributed by atoms with van der Waals surface area (Å²) in [7, 11) is 0. The average Bonchev–Trinajstić information content (AvgIpc) is 2.36. The molecule has 6 heteroatoms. The minimum absolute atomic E-state index is 0.00629. The summed E-state index contributed by atoms with van der Waals surface area (Å²) in [5, 5.41) is 3.76. The molecule has 0 aromatic heterocycles. The van der Waals surface area contributed by atoms with Crippen LogP contribution in [0.4, 0.5) is 4.79 Å². The van der Waals surface area contributed by atoms with E-state index in [1.165, 1.54) is 0 Å². The molecule has 0 saturated carbocycles. The largest absolute Gasteiger partial charge is 0.444 e. The molecule has 1 amide bonds. The summed E-state index contributed by atoms with van der Waals surface area (Å²) in [6, 6.07) is 0. The van der Waals surface area contributed by atoms with Gasteiger partial charge in [0.05, 0.1) is 32.0 Å². The Kier molecular flexibility index (Phi) is 3.66. The number of ether oxygens (including phenoxy) is 3. The molecule has 21 heavy (non-hydrogen) atoms. The second-order valence-corrected chi connectivity index (χ2v) is 7.64. The van der Waals surface area contributed by atoms with Gasteiger partial charge in [-0.2, -0.15) is 0 Å². The molecular formula is C15H26N2O4. The number of carbonyl (C=O) groups excluding carboxylic acids is 1. The average molecular weight is 298 g/mol. The molecule has 0 bridgehead atoms. The minimum Gasteiger partial charge on any atom is -0.444 e. The molecule has 3 heterocycles. The van der Waals surface area contributed by atoms with Gasteiger partial charge in [0.15, 0.2) is 0 Å². The summed E-state index contributed by atoms with van der Waals surface area (Å²) in [4.78, 5) is 13.9. The van der Waals surface area contributed by atoms with E-state index < -0.39 is 5.60 Å². The van der Waals surface area contributed by atoms with Crippen LogP contribution < -0.4 is 5.32 Å². The maximum Gasteiger partial charge on any atom is 0.410 e. The van der Waals surface area contributed by atoms with Gasteiger partial charge >= 0.3 is 6.09 Å². The van der Waals surface area contributed by atoms with Crippen molar-refractivity contribution >= 4 is 6.09 Å². The van der Waals surface area contributed by atoms with E-state index in [0.29, 0.717) is 13.1 Å². The van der Waals surface area contributed by atoms with Crippen LogP contribution in [0.5, 0.6) is 0 Å². The van der Waals surface area contributed by atoms with Gasteiger partial charge in [-0.05, 0) is 33.6 Å². The van der Waals surface area contributed by atoms with E-state index in [1.807, 2.05) is 20.8 Å². The molecule has 1 N–H and O–H groups in total. The van der Waals surface area contributed by atoms with Crippen LogP contribution >= 0.6 is 0 Å². The predicted molar refractivity (Wildman–Crippen MR) is 77.3 cm³/mol. The lowest BCUT2D eigenvalue weighted by Gasteiger charge is -2.55. The lowest BCUT2D eigenvalue weighted by Crippen LogP contribution is -2.75. The van der Waals surface area contributed by atoms with Gasteiger partial charge in [-0.15, -0.1) is 0 Å². The highest BCUT2D eigenvalue weighted by molar-refractivity contribution is 5.68. The van der Waals surface area contributed by atoms with Gasteiger partial charge in [-0.1, -0.05) is 0 Å². The number of hydrogen-bond donors (Lipinski definition) is 1. The van der Waals surface area contributed by atoms with Crippen LogP contribution in [0.25, 0.3) is 0 Å². The zero-order valence-electron chi connectivity index (χ0n) is 13.2. The van der Waals surface area contributed by atoms with Gasteiger partial charge in [0.2, 0.25) is 0 Å². The number of amides is 1. The van der Waals surface area contributed by atoms with E-state index >= 15 is 0 Å². The summed E-state index contributed by atoms with van der Waals surface area (Å²) in [6.07, 6.45) is 1.58. The molecule has 120 valence electrons. The number of rotatable bonds is 0. The number of piperidine rings is 1. The molecule has 3 aliphatic heterocycles. The van der Waals surface area contributed by atoms with Gasteiger partial charge in [-0.3, -0.25) is 5.32 Å². The molecule has 3 aliphatic rings. The number of likely N-dealkylation sites (tertiary alicyclic amines) is 1. The molecule has 0 aromatic carbocycles. The molecule has 2 spiro atoms. The van der Waals surface area contributed by atoms with E-state index in [2.05, 4.69) is 5.32 Å². The number of nitrogens with zero attached hydrogens (tertiary/aromatic N) is 1. The van der Waals surface area contributed by atoms with Crippen molar-refractivity contribution in [3.63, 3.8) is 0 Å². The Morgan fingerprint density at radius 3 is 2.10 bits per heavy atom. The Bertz CT molecular complexity index is 406. The van der Waals surface area contributed by atoms with Crippen molar-refractivity contribution in [1.29, 1.82) is 0 Å². The number of nitrogens with one attached hydrogen (secondary N) is 1. The van der Waals surface area contributed by atoms with Gasteiger partial charge in [0.25, 0.3) is 0 Å². The Morgan fingerprint density at radius 2 is 1.57 bits per heavy atom. The minimum atomic E-state index is -0.439. The van der Waals surface area contributed by atoms with E-state index in [0.717, 1.165) is 39.3 Å². The van der Waals surface area contributed by atoms with Crippen molar-refractivity contribution in [2.24, 2.45) is 0 Å². The first kappa shape index (κ1) is 15.1. The Labute approximate surface area is 126 Å². The first-order valence-electron chi connectivity index (χ1n) is 7.74. The Balaban J connectivity index is 1.56. The van der Waals surface area contributed by atoms with E-state index in [9.17, 15) is 4.79 Å². The number of morpholine rings is 1. The highest BCUT2D eigenvalue weighted by atomic mass is 16.6. The van der Waals surface area contributed by atoms with Crippen LogP contribution in [0.15, 0.2) is 0 Å². The molecule has 0 radical (unpaired) electrons. The molecular weight excluding hydrogens is 272 g/mol.